The quantitative estimate of drug-likeness (QED) is 0.694. The van der Waals surface area contributed by atoms with Gasteiger partial charge in [-0.05, 0) is 41.5 Å². The van der Waals surface area contributed by atoms with Crippen LogP contribution in [0.15, 0.2) is 0 Å². The monoisotopic (exact) mass is 314 g/mol. The van der Waals surface area contributed by atoms with Gasteiger partial charge in [0, 0.05) is 30.8 Å². The Morgan fingerprint density at radius 3 is 1.95 bits per heavy atom. The van der Waals surface area contributed by atoms with Crippen LogP contribution in [-0.4, -0.2) is 60.4 Å². The summed E-state index contributed by atoms with van der Waals surface area (Å²) >= 11 is 0. The van der Waals surface area contributed by atoms with Gasteiger partial charge in [-0.15, -0.1) is 0 Å². The van der Waals surface area contributed by atoms with Crippen LogP contribution < -0.4 is 0 Å². The average Bonchev–Trinajstić information content (AvgIpc) is 2.23. The van der Waals surface area contributed by atoms with E-state index in [1.54, 1.807) is 0 Å². The first-order valence-electron chi connectivity index (χ1n) is 7.96. The molecule has 4 nitrogen and oxygen atoms in total. The summed E-state index contributed by atoms with van der Waals surface area (Å²) < 4.78 is 5.61. The van der Waals surface area contributed by atoms with E-state index in [4.69, 9.17) is 4.74 Å². The van der Waals surface area contributed by atoms with Crippen LogP contribution in [0.1, 0.15) is 41.5 Å². The van der Waals surface area contributed by atoms with Crippen LogP contribution in [0.5, 0.6) is 0 Å². The molecule has 5 heteroatoms. The summed E-state index contributed by atoms with van der Waals surface area (Å²) in [5, 5.41) is 0. The van der Waals surface area contributed by atoms with Crippen LogP contribution >= 0.6 is 0 Å². The Hall–Kier alpha value is -0.553. The van der Waals surface area contributed by atoms with Crippen molar-refractivity contribution in [3.8, 4) is 0 Å². The van der Waals surface area contributed by atoms with Gasteiger partial charge in [-0.3, -0.25) is 4.90 Å². The molecule has 0 N–H and O–H groups in total. The molecular weight excluding hydrogens is 280 g/mol. The standard InChI is InChI=1S/C16H34N2O2Si/c1-15(2,3)17-10-11-18(13(12-17)21(7,8)9)14(19)20-16(4,5)6/h13H,10-12H2,1-9H3. The molecule has 0 aromatic heterocycles. The van der Waals surface area contributed by atoms with Crippen molar-refractivity contribution in [1.82, 2.24) is 9.80 Å². The largest absolute Gasteiger partial charge is 0.444 e. The number of amides is 1. The van der Waals surface area contributed by atoms with E-state index < -0.39 is 13.7 Å². The predicted molar refractivity (Wildman–Crippen MR) is 91.4 cm³/mol. The maximum atomic E-state index is 12.5. The molecule has 0 spiro atoms. The minimum atomic E-state index is -1.49. The number of rotatable bonds is 1. The molecule has 0 aromatic carbocycles. The summed E-state index contributed by atoms with van der Waals surface area (Å²) in [6.07, 6.45) is -0.150. The second-order valence-electron chi connectivity index (χ2n) is 9.17. The number of carbonyl (C=O) groups excluding carboxylic acids is 1. The molecule has 1 unspecified atom stereocenters. The topological polar surface area (TPSA) is 32.8 Å². The lowest BCUT2D eigenvalue weighted by atomic mass is 10.1. The predicted octanol–water partition coefficient (Wildman–Crippen LogP) is 3.58. The van der Waals surface area contributed by atoms with Gasteiger partial charge < -0.3 is 9.64 Å². The van der Waals surface area contributed by atoms with Crippen molar-refractivity contribution in [2.75, 3.05) is 19.6 Å². The van der Waals surface area contributed by atoms with Gasteiger partial charge in [0.2, 0.25) is 0 Å². The van der Waals surface area contributed by atoms with E-state index in [0.29, 0.717) is 5.67 Å². The Bertz CT molecular complexity index is 377. The lowest BCUT2D eigenvalue weighted by Gasteiger charge is -2.50. The number of carbonyl (C=O) groups is 1. The molecule has 0 radical (unpaired) electrons. The van der Waals surface area contributed by atoms with Crippen LogP contribution in [0.2, 0.25) is 19.6 Å². The zero-order valence-corrected chi connectivity index (χ0v) is 16.4. The maximum Gasteiger partial charge on any atom is 0.410 e. The van der Waals surface area contributed by atoms with E-state index in [9.17, 15) is 4.79 Å². The van der Waals surface area contributed by atoms with Crippen LogP contribution in [0, 0.1) is 0 Å². The van der Waals surface area contributed by atoms with E-state index in [1.807, 2.05) is 25.7 Å². The average molecular weight is 315 g/mol. The normalized spacial score (nSPS) is 22.3. The third-order valence-electron chi connectivity index (χ3n) is 3.96. The highest BCUT2D eigenvalue weighted by molar-refractivity contribution is 6.77. The molecule has 0 bridgehead atoms. The summed E-state index contributed by atoms with van der Waals surface area (Å²) in [7, 11) is -1.49. The molecule has 1 atom stereocenters. The van der Waals surface area contributed by atoms with E-state index in [0.717, 1.165) is 19.6 Å². The number of nitrogens with zero attached hydrogens (tertiary/aromatic N) is 2. The Kier molecular flexibility index (Phi) is 5.21. The molecule has 124 valence electrons. The number of ether oxygens (including phenoxy) is 1. The molecular formula is C16H34N2O2Si. The molecule has 1 fully saturated rings. The summed E-state index contributed by atoms with van der Waals surface area (Å²) in [6, 6.07) is 0. The van der Waals surface area contributed by atoms with Crippen LogP contribution in [0.4, 0.5) is 4.79 Å². The Labute approximate surface area is 131 Å². The van der Waals surface area contributed by atoms with E-state index in [2.05, 4.69) is 45.3 Å². The molecule has 1 aliphatic rings. The van der Waals surface area contributed by atoms with Gasteiger partial charge in [-0.2, -0.15) is 0 Å². The summed E-state index contributed by atoms with van der Waals surface area (Å²) in [5.41, 5.74) is 0.0282. The van der Waals surface area contributed by atoms with Gasteiger partial charge in [0.25, 0.3) is 0 Å². The molecule has 0 aromatic rings. The SMILES string of the molecule is CC(C)(C)OC(=O)N1CCN(C(C)(C)C)CC1[Si](C)(C)C. The minimum absolute atomic E-state index is 0.150. The van der Waals surface area contributed by atoms with Crippen LogP contribution in [0.3, 0.4) is 0 Å². The van der Waals surface area contributed by atoms with Gasteiger partial charge in [0.15, 0.2) is 0 Å². The summed E-state index contributed by atoms with van der Waals surface area (Å²) in [4.78, 5) is 17.0. The third kappa shape index (κ3) is 5.29. The minimum Gasteiger partial charge on any atom is -0.444 e. The van der Waals surface area contributed by atoms with Gasteiger partial charge >= 0.3 is 6.09 Å². The maximum absolute atomic E-state index is 12.5. The fourth-order valence-corrected chi connectivity index (χ4v) is 4.61. The van der Waals surface area contributed by atoms with Crippen molar-refractivity contribution >= 4 is 14.2 Å². The fourth-order valence-electron chi connectivity index (χ4n) is 2.67. The first-order valence-corrected chi connectivity index (χ1v) is 11.5. The number of hydrogen-bond donors (Lipinski definition) is 0. The smallest absolute Gasteiger partial charge is 0.410 e. The summed E-state index contributed by atoms with van der Waals surface area (Å²) in [5.74, 6) is 0. The molecule has 1 rings (SSSR count). The van der Waals surface area contributed by atoms with E-state index >= 15 is 0 Å². The molecule has 0 aliphatic carbocycles. The number of piperazine rings is 1. The van der Waals surface area contributed by atoms with Crippen molar-refractivity contribution in [3.05, 3.63) is 0 Å². The second kappa shape index (κ2) is 5.92. The van der Waals surface area contributed by atoms with Crippen molar-refractivity contribution in [2.45, 2.75) is 78.0 Å². The lowest BCUT2D eigenvalue weighted by Crippen LogP contribution is -2.66. The van der Waals surface area contributed by atoms with Gasteiger partial charge in [-0.1, -0.05) is 19.6 Å². The zero-order valence-electron chi connectivity index (χ0n) is 15.4. The van der Waals surface area contributed by atoms with Crippen LogP contribution in [-0.2, 0) is 4.74 Å². The zero-order chi connectivity index (χ0) is 16.6. The Balaban J connectivity index is 2.92. The third-order valence-corrected chi connectivity index (χ3v) is 6.45. The highest BCUT2D eigenvalue weighted by Crippen LogP contribution is 2.26. The van der Waals surface area contributed by atoms with Gasteiger partial charge in [-0.25, -0.2) is 4.79 Å². The fraction of sp³-hybridized carbons (Fsp3) is 0.938. The molecule has 1 heterocycles. The Morgan fingerprint density at radius 1 is 1.05 bits per heavy atom. The molecule has 21 heavy (non-hydrogen) atoms. The van der Waals surface area contributed by atoms with Gasteiger partial charge in [0.05, 0.1) is 8.07 Å². The first-order chi connectivity index (χ1) is 9.22. The van der Waals surface area contributed by atoms with E-state index in [-0.39, 0.29) is 11.6 Å². The molecule has 1 aliphatic heterocycles. The second-order valence-corrected chi connectivity index (χ2v) is 14.6. The van der Waals surface area contributed by atoms with Crippen molar-refractivity contribution in [3.63, 3.8) is 0 Å². The number of hydrogen-bond acceptors (Lipinski definition) is 3. The summed E-state index contributed by atoms with van der Waals surface area (Å²) in [6.45, 7) is 22.2. The highest BCUT2D eigenvalue weighted by atomic mass is 28.3. The Morgan fingerprint density at radius 2 is 1.57 bits per heavy atom. The molecule has 0 saturated carbocycles. The molecule has 1 amide bonds. The van der Waals surface area contributed by atoms with Crippen molar-refractivity contribution in [1.29, 1.82) is 0 Å². The van der Waals surface area contributed by atoms with E-state index in [1.165, 1.54) is 0 Å². The molecule has 1 saturated heterocycles. The van der Waals surface area contributed by atoms with Crippen molar-refractivity contribution in [2.24, 2.45) is 0 Å². The first kappa shape index (κ1) is 18.5. The highest BCUT2D eigenvalue weighted by Gasteiger charge is 2.42. The van der Waals surface area contributed by atoms with Gasteiger partial charge in [0.1, 0.15) is 5.60 Å². The van der Waals surface area contributed by atoms with Crippen molar-refractivity contribution < 1.29 is 9.53 Å². The van der Waals surface area contributed by atoms with Crippen LogP contribution in [0.25, 0.3) is 0 Å². The lowest BCUT2D eigenvalue weighted by molar-refractivity contribution is -0.00400.